The Balaban J connectivity index is 0.000000350. The molecule has 2 aromatic carbocycles. The summed E-state index contributed by atoms with van der Waals surface area (Å²) in [7, 11) is 9.87. The zero-order chi connectivity index (χ0) is 33.6. The minimum absolute atomic E-state index is 0. The number of halogens is 3. The van der Waals surface area contributed by atoms with Gasteiger partial charge in [0.2, 0.25) is 0 Å². The van der Waals surface area contributed by atoms with Gasteiger partial charge in [-0.25, -0.2) is 0 Å². The van der Waals surface area contributed by atoms with Gasteiger partial charge in [0.15, 0.2) is 0 Å². The first-order valence-corrected chi connectivity index (χ1v) is 27.9. The van der Waals surface area contributed by atoms with E-state index in [2.05, 4.69) is 65.1 Å². The summed E-state index contributed by atoms with van der Waals surface area (Å²) in [5.74, 6) is 9.28. The van der Waals surface area contributed by atoms with Crippen molar-refractivity contribution in [3.63, 3.8) is 0 Å². The average molecular weight is 971 g/mol. The van der Waals surface area contributed by atoms with Crippen LogP contribution in [0.15, 0.2) is 42.5 Å². The first-order chi connectivity index (χ1) is 23.7. The molecule has 287 valence electrons. The second-order valence-electron chi connectivity index (χ2n) is 16.3. The van der Waals surface area contributed by atoms with E-state index in [0.717, 1.165) is 23.7 Å². The molecule has 0 saturated heterocycles. The normalized spacial score (nSPS) is 30.2. The van der Waals surface area contributed by atoms with Crippen molar-refractivity contribution in [2.45, 2.75) is 155 Å². The molecule has 6 heteroatoms. The molecule has 0 amide bonds. The fourth-order valence-electron chi connectivity index (χ4n) is 12.0. The number of aryl methyl sites for hydroxylation is 2. The molecular weight excluding hydrogens is 899 g/mol. The van der Waals surface area contributed by atoms with Crippen molar-refractivity contribution in [2.24, 2.45) is 47.3 Å². The van der Waals surface area contributed by atoms with Crippen LogP contribution in [0.5, 0.6) is 0 Å². The van der Waals surface area contributed by atoms with E-state index in [1.807, 2.05) is 11.4 Å². The van der Waals surface area contributed by atoms with E-state index in [1.54, 1.807) is 128 Å². The molecule has 8 atom stereocenters. The van der Waals surface area contributed by atoms with Crippen LogP contribution in [-0.4, -0.2) is 0 Å². The molecule has 1 radical (unpaired) electrons. The van der Waals surface area contributed by atoms with E-state index in [0.29, 0.717) is 0 Å². The Morgan fingerprint density at radius 3 is 1.37 bits per heavy atom. The quantitative estimate of drug-likeness (QED) is 0.140. The Hall–Kier alpha value is 1.94. The molecule has 9 rings (SSSR count). The number of hydrogen-bond acceptors (Lipinski definition) is 0. The largest absolute Gasteiger partial charge is 1.00 e. The van der Waals surface area contributed by atoms with Crippen LogP contribution in [-0.2, 0) is 52.2 Å². The standard InChI is InChI=1S/2C14H24.C14H13.C2H4I.2CH3.2ClH.Li.V.Zr/c3*1-2-9-13-11(5-1)6-3-7-12-8-4-10-14(12)13;1-2-3;;;;;;;/h2*11-14H,1-10H2;1-2,4-5,8-10H,3,6-7H2;2H,1H3;2*1H3;2*1H;;;/q;;4*-1;;;+1;;+4/p-2. The van der Waals surface area contributed by atoms with E-state index in [9.17, 15) is 0 Å². The van der Waals surface area contributed by atoms with Crippen LogP contribution >= 0.6 is 39.6 Å². The van der Waals surface area contributed by atoms with Gasteiger partial charge in [-0.05, 0) is 79.4 Å². The predicted molar refractivity (Wildman–Crippen MR) is 228 cm³/mol. The van der Waals surface area contributed by atoms with Crippen molar-refractivity contribution < 1.29 is 58.3 Å². The summed E-state index contributed by atoms with van der Waals surface area (Å²) in [6, 6.07) is 15.5. The van der Waals surface area contributed by atoms with E-state index in [4.69, 9.17) is 17.0 Å². The Kier molecular flexibility index (Phi) is 29.2. The topological polar surface area (TPSA) is 0 Å². The van der Waals surface area contributed by atoms with Gasteiger partial charge in [-0.1, -0.05) is 151 Å². The molecule has 0 spiro atoms. The minimum Gasteiger partial charge on any atom is -0.191 e. The third-order valence-electron chi connectivity index (χ3n) is 13.9. The Bertz CT molecular complexity index is 1130. The van der Waals surface area contributed by atoms with Gasteiger partial charge >= 0.3 is 56.7 Å². The second-order valence-corrected chi connectivity index (χ2v) is 21.2. The third kappa shape index (κ3) is 15.0. The van der Waals surface area contributed by atoms with Crippen molar-refractivity contribution in [3.8, 4) is 11.1 Å². The maximum absolute atomic E-state index is 4.93. The van der Waals surface area contributed by atoms with Gasteiger partial charge in [-0.2, -0.15) is 36.2 Å². The number of benzene rings is 1. The molecule has 6 fully saturated rings. The van der Waals surface area contributed by atoms with Crippen molar-refractivity contribution in [3.05, 3.63) is 72.9 Å². The summed E-state index contributed by atoms with van der Waals surface area (Å²) in [5, 5.41) is 0. The Labute approximate surface area is 379 Å². The average Bonchev–Trinajstić information content (AvgIpc) is 3.82. The summed E-state index contributed by atoms with van der Waals surface area (Å²) in [5.41, 5.74) is 5.94. The van der Waals surface area contributed by atoms with Crippen LogP contribution in [0.25, 0.3) is 11.1 Å². The molecule has 0 heterocycles. The van der Waals surface area contributed by atoms with Crippen LogP contribution in [0.4, 0.5) is 0 Å². The zero-order valence-corrected chi connectivity index (χ0v) is 41.1. The van der Waals surface area contributed by atoms with Crippen molar-refractivity contribution in [2.75, 3.05) is 0 Å². The van der Waals surface area contributed by atoms with E-state index >= 15 is 0 Å². The summed E-state index contributed by atoms with van der Waals surface area (Å²) in [6.45, 7) is 1.99. The maximum Gasteiger partial charge on any atom is 1.00 e. The van der Waals surface area contributed by atoms with Crippen molar-refractivity contribution in [1.82, 2.24) is 0 Å². The summed E-state index contributed by atoms with van der Waals surface area (Å²) < 4.78 is 1.97. The van der Waals surface area contributed by atoms with Gasteiger partial charge in [0, 0.05) is 18.6 Å². The molecule has 2 aromatic rings. The molecule has 0 aromatic heterocycles. The molecule has 0 N–H and O–H groups in total. The molecule has 0 aliphatic heterocycles. The molecule has 7 aliphatic rings. The Morgan fingerprint density at radius 2 is 0.904 bits per heavy atom. The Morgan fingerprint density at radius 1 is 0.558 bits per heavy atom. The zero-order valence-electron chi connectivity index (χ0n) is 33.6. The molecule has 0 bridgehead atoms. The molecule has 52 heavy (non-hydrogen) atoms. The van der Waals surface area contributed by atoms with Crippen LogP contribution < -0.4 is 18.9 Å². The number of hydrogen-bond donors (Lipinski definition) is 0. The fraction of sp³-hybridized carbons (Fsp3) is 0.696. The third-order valence-corrected chi connectivity index (χ3v) is 13.9. The van der Waals surface area contributed by atoms with Crippen LogP contribution in [0.1, 0.15) is 153 Å². The van der Waals surface area contributed by atoms with Gasteiger partial charge in [-0.3, -0.25) is 4.43 Å². The van der Waals surface area contributed by atoms with Gasteiger partial charge in [0.1, 0.15) is 0 Å². The van der Waals surface area contributed by atoms with E-state index < -0.39 is 20.8 Å². The first-order valence-electron chi connectivity index (χ1n) is 20.4. The van der Waals surface area contributed by atoms with Crippen molar-refractivity contribution in [1.29, 1.82) is 0 Å². The SMILES string of the molecule is C1CCC2C(C1)CCCC1CCCC12.C1CCC2C(C1)CCCC1CCCC12.C[CH-]I.[CH3-].[CH3-].[Cl][Zr+2][Cl].[Li+].[V].c1ccc2c(c1)CCCc1c[cH-]cc1-2. The van der Waals surface area contributed by atoms with Crippen molar-refractivity contribution >= 4 is 39.6 Å². The molecule has 0 nitrogen and oxygen atoms in total. The van der Waals surface area contributed by atoms with E-state index in [-0.39, 0.29) is 52.3 Å². The van der Waals surface area contributed by atoms with Gasteiger partial charge in [0.05, 0.1) is 0 Å². The molecule has 8 unspecified atom stereocenters. The number of rotatable bonds is 0. The predicted octanol–water partition coefficient (Wildman–Crippen LogP) is 13.2. The first kappa shape index (κ1) is 52.0. The van der Waals surface area contributed by atoms with Gasteiger partial charge in [0.25, 0.3) is 0 Å². The van der Waals surface area contributed by atoms with Crippen LogP contribution in [0, 0.1) is 66.6 Å². The van der Waals surface area contributed by atoms with E-state index in [1.165, 1.54) is 65.2 Å². The smallest absolute Gasteiger partial charge is 0.191 e. The number of fused-ring (bicyclic) bond motifs is 9. The monoisotopic (exact) mass is 968 g/mol. The van der Waals surface area contributed by atoms with Gasteiger partial charge < -0.3 is 37.4 Å². The van der Waals surface area contributed by atoms with Gasteiger partial charge in [-0.15, -0.1) is 0 Å². The summed E-state index contributed by atoms with van der Waals surface area (Å²) >= 11 is 1.34. The minimum atomic E-state index is -0.826. The fourth-order valence-corrected chi connectivity index (χ4v) is 12.0. The summed E-state index contributed by atoms with van der Waals surface area (Å²) in [4.78, 5) is 0. The molecule has 6 saturated carbocycles. The molecular formula is C46H71Cl2ILiVZr-. The van der Waals surface area contributed by atoms with Crippen LogP contribution in [0.2, 0.25) is 0 Å². The molecule has 7 aliphatic carbocycles. The van der Waals surface area contributed by atoms with Crippen LogP contribution in [0.3, 0.4) is 0 Å². The second kappa shape index (κ2) is 29.2. The maximum atomic E-state index is 4.93. The summed E-state index contributed by atoms with van der Waals surface area (Å²) in [6.07, 6.45) is 35.1.